The van der Waals surface area contributed by atoms with Gasteiger partial charge in [0.1, 0.15) is 0 Å². The lowest BCUT2D eigenvalue weighted by Gasteiger charge is -2.19. The lowest BCUT2D eigenvalue weighted by Crippen LogP contribution is -2.42. The molecule has 186 valence electrons. The number of aromatic nitrogens is 2. The highest BCUT2D eigenvalue weighted by atomic mass is 32.2. The van der Waals surface area contributed by atoms with Crippen LogP contribution in [0.15, 0.2) is 77.8 Å². The van der Waals surface area contributed by atoms with Crippen LogP contribution in [0.4, 0.5) is 11.4 Å². The van der Waals surface area contributed by atoms with Crippen LogP contribution >= 0.6 is 11.3 Å². The van der Waals surface area contributed by atoms with Gasteiger partial charge in [0.25, 0.3) is 0 Å². The molecule has 1 atom stereocenters. The van der Waals surface area contributed by atoms with E-state index >= 15 is 0 Å². The van der Waals surface area contributed by atoms with Crippen molar-refractivity contribution in [2.75, 3.05) is 16.3 Å². The van der Waals surface area contributed by atoms with Gasteiger partial charge in [-0.15, -0.1) is 11.3 Å². The number of nitrogens with one attached hydrogen (secondary N) is 3. The number of thiazole rings is 1. The van der Waals surface area contributed by atoms with Gasteiger partial charge >= 0.3 is 0 Å². The Kier molecular flexibility index (Phi) is 8.09. The molecule has 1 unspecified atom stereocenters. The molecule has 10 heteroatoms. The Bertz CT molecular complexity index is 1430. The van der Waals surface area contributed by atoms with Gasteiger partial charge in [0.05, 0.1) is 29.2 Å². The fourth-order valence-corrected chi connectivity index (χ4v) is 4.86. The fraction of sp³-hybridized carbons (Fsp3) is 0.192. The zero-order valence-corrected chi connectivity index (χ0v) is 21.6. The Hall–Kier alpha value is -3.60. The highest BCUT2D eigenvalue weighted by Crippen LogP contribution is 2.28. The molecule has 0 aliphatic carbocycles. The fourth-order valence-electron chi connectivity index (χ4n) is 3.75. The lowest BCUT2D eigenvalue weighted by atomic mass is 10.0. The monoisotopic (exact) mass is 521 g/mol. The molecule has 0 aliphatic heterocycles. The van der Waals surface area contributed by atoms with Crippen LogP contribution < -0.4 is 15.4 Å². The number of nitrogens with zero attached hydrogens (tertiary/aromatic N) is 2. The summed E-state index contributed by atoms with van der Waals surface area (Å²) < 4.78 is 26.4. The first-order chi connectivity index (χ1) is 17.2. The Labute approximate surface area is 214 Å². The third-order valence-electron chi connectivity index (χ3n) is 5.35. The molecule has 2 heterocycles. The second kappa shape index (κ2) is 11.4. The van der Waals surface area contributed by atoms with Crippen molar-refractivity contribution in [2.45, 2.75) is 25.9 Å². The number of amides is 1. The minimum Gasteiger partial charge on any atom is -0.325 e. The van der Waals surface area contributed by atoms with Gasteiger partial charge in [-0.1, -0.05) is 30.3 Å². The zero-order valence-electron chi connectivity index (χ0n) is 19.9. The van der Waals surface area contributed by atoms with Gasteiger partial charge in [-0.25, -0.2) is 13.4 Å². The molecule has 1 amide bonds. The summed E-state index contributed by atoms with van der Waals surface area (Å²) in [6, 6.07) is 18.1. The van der Waals surface area contributed by atoms with Gasteiger partial charge in [0.15, 0.2) is 0 Å². The molecule has 0 saturated carbocycles. The predicted octanol–water partition coefficient (Wildman–Crippen LogP) is 4.22. The lowest BCUT2D eigenvalue weighted by molar-refractivity contribution is -0.118. The van der Waals surface area contributed by atoms with Crippen LogP contribution in [0.25, 0.3) is 11.1 Å². The highest BCUT2D eigenvalue weighted by molar-refractivity contribution is 7.92. The molecule has 3 N–H and O–H groups in total. The third-order valence-corrected chi connectivity index (χ3v) is 6.59. The van der Waals surface area contributed by atoms with Crippen molar-refractivity contribution in [2.24, 2.45) is 0 Å². The summed E-state index contributed by atoms with van der Waals surface area (Å²) in [7, 11) is -3.51. The van der Waals surface area contributed by atoms with Crippen LogP contribution in [0.5, 0.6) is 0 Å². The molecule has 0 spiro atoms. The maximum atomic E-state index is 13.4. The van der Waals surface area contributed by atoms with E-state index in [1.165, 1.54) is 11.3 Å². The summed E-state index contributed by atoms with van der Waals surface area (Å²) in [6.45, 7) is 2.33. The number of hydrogen-bond acceptors (Lipinski definition) is 7. The van der Waals surface area contributed by atoms with E-state index < -0.39 is 16.1 Å². The van der Waals surface area contributed by atoms with Crippen molar-refractivity contribution < 1.29 is 13.2 Å². The van der Waals surface area contributed by atoms with Gasteiger partial charge in [-0.2, -0.15) is 0 Å². The van der Waals surface area contributed by atoms with Gasteiger partial charge in [-0.05, 0) is 60.4 Å². The number of carbonyl (C=O) groups excluding carboxylic acids is 1. The molecular weight excluding hydrogens is 494 g/mol. The van der Waals surface area contributed by atoms with E-state index in [4.69, 9.17) is 0 Å². The molecule has 8 nitrogen and oxygen atoms in total. The van der Waals surface area contributed by atoms with E-state index in [1.54, 1.807) is 23.8 Å². The Balaban J connectivity index is 1.62. The van der Waals surface area contributed by atoms with E-state index in [-0.39, 0.29) is 5.91 Å². The van der Waals surface area contributed by atoms with Crippen LogP contribution in [0.3, 0.4) is 0 Å². The molecule has 4 rings (SSSR count). The van der Waals surface area contributed by atoms with Gasteiger partial charge in [0.2, 0.25) is 15.9 Å². The average Bonchev–Trinajstić information content (AvgIpc) is 3.35. The largest absolute Gasteiger partial charge is 0.325 e. The van der Waals surface area contributed by atoms with Crippen LogP contribution in [-0.4, -0.2) is 36.6 Å². The number of carbonyl (C=O) groups is 1. The molecule has 36 heavy (non-hydrogen) atoms. The normalized spacial score (nSPS) is 12.2. The number of pyridine rings is 1. The maximum absolute atomic E-state index is 13.4. The molecule has 0 fully saturated rings. The first kappa shape index (κ1) is 25.5. The van der Waals surface area contributed by atoms with Crippen molar-refractivity contribution in [1.29, 1.82) is 0 Å². The maximum Gasteiger partial charge on any atom is 0.241 e. The second-order valence-electron chi connectivity index (χ2n) is 8.45. The quantitative estimate of drug-likeness (QED) is 0.288. The van der Waals surface area contributed by atoms with Crippen molar-refractivity contribution in [3.05, 3.63) is 94.7 Å². The highest BCUT2D eigenvalue weighted by Gasteiger charge is 2.20. The molecule has 0 saturated heterocycles. The minimum atomic E-state index is -3.51. The second-order valence-corrected chi connectivity index (χ2v) is 10.9. The molecule has 2 aromatic carbocycles. The molecule has 0 radical (unpaired) electrons. The molecule has 4 aromatic rings. The van der Waals surface area contributed by atoms with Gasteiger partial charge in [-0.3, -0.25) is 19.8 Å². The van der Waals surface area contributed by atoms with E-state index in [2.05, 4.69) is 25.3 Å². The van der Waals surface area contributed by atoms with Crippen molar-refractivity contribution in [3.63, 3.8) is 0 Å². The number of anilines is 2. The topological polar surface area (TPSA) is 113 Å². The van der Waals surface area contributed by atoms with E-state index in [9.17, 15) is 13.2 Å². The SMILES string of the molecule is Cc1cc(-c2cc(NC(=O)C(Cc3ccccc3)NCc3cscn3)cc(NS(C)(=O)=O)c2)ccn1. The number of rotatable bonds is 10. The Morgan fingerprint density at radius 3 is 2.47 bits per heavy atom. The smallest absolute Gasteiger partial charge is 0.241 e. The number of hydrogen-bond donors (Lipinski definition) is 3. The number of sulfonamides is 1. The van der Waals surface area contributed by atoms with Crippen LogP contribution in [0.2, 0.25) is 0 Å². The van der Waals surface area contributed by atoms with Gasteiger partial charge in [0, 0.05) is 29.5 Å². The van der Waals surface area contributed by atoms with Crippen molar-refractivity contribution in [3.8, 4) is 11.1 Å². The molecule has 0 aliphatic rings. The summed E-state index contributed by atoms with van der Waals surface area (Å²) in [5.41, 5.74) is 6.91. The van der Waals surface area contributed by atoms with E-state index in [0.717, 1.165) is 34.3 Å². The van der Waals surface area contributed by atoms with Crippen LogP contribution in [0, 0.1) is 6.92 Å². The van der Waals surface area contributed by atoms with Crippen molar-refractivity contribution >= 4 is 38.6 Å². The minimum absolute atomic E-state index is 0.234. The zero-order chi connectivity index (χ0) is 25.5. The Morgan fingerprint density at radius 2 is 1.78 bits per heavy atom. The average molecular weight is 522 g/mol. The third kappa shape index (κ3) is 7.45. The first-order valence-electron chi connectivity index (χ1n) is 11.3. The summed E-state index contributed by atoms with van der Waals surface area (Å²) in [5, 5.41) is 8.22. The predicted molar refractivity (Wildman–Crippen MR) is 144 cm³/mol. The standard InChI is InChI=1S/C26H27N5O3S2/c1-18-10-20(8-9-27-18)21-12-22(14-23(13-21)31-36(2,33)34)30-26(32)25(11-19-6-4-3-5-7-19)28-15-24-16-35-17-29-24/h3-10,12-14,16-17,25,28,31H,11,15H2,1-2H3,(H,30,32). The van der Waals surface area contributed by atoms with Crippen molar-refractivity contribution in [1.82, 2.24) is 15.3 Å². The van der Waals surface area contributed by atoms with Crippen LogP contribution in [0.1, 0.15) is 17.0 Å². The molecule has 2 aromatic heterocycles. The van der Waals surface area contributed by atoms with E-state index in [1.807, 2.05) is 60.8 Å². The van der Waals surface area contributed by atoms with Crippen LogP contribution in [-0.2, 0) is 27.8 Å². The first-order valence-corrected chi connectivity index (χ1v) is 14.1. The molecule has 0 bridgehead atoms. The Morgan fingerprint density at radius 1 is 1.00 bits per heavy atom. The van der Waals surface area contributed by atoms with Gasteiger partial charge < -0.3 is 5.32 Å². The summed E-state index contributed by atoms with van der Waals surface area (Å²) in [6.07, 6.45) is 3.26. The van der Waals surface area contributed by atoms with E-state index in [0.29, 0.717) is 24.3 Å². The summed E-state index contributed by atoms with van der Waals surface area (Å²) in [5.74, 6) is -0.234. The summed E-state index contributed by atoms with van der Waals surface area (Å²) >= 11 is 1.50. The molecular formula is C26H27N5O3S2. The summed E-state index contributed by atoms with van der Waals surface area (Å²) in [4.78, 5) is 22.0. The number of benzene rings is 2. The number of aryl methyl sites for hydroxylation is 1.